The number of aryl methyl sites for hydroxylation is 1. The first-order chi connectivity index (χ1) is 12.8. The number of sulfonamides is 1. The molecule has 2 aromatic rings. The molecular formula is C19H23ClFN3O3S. The van der Waals surface area contributed by atoms with Crippen molar-refractivity contribution in [2.75, 3.05) is 17.8 Å². The lowest BCUT2D eigenvalue weighted by Crippen LogP contribution is -2.37. The molecular weight excluding hydrogens is 405 g/mol. The van der Waals surface area contributed by atoms with Gasteiger partial charge in [-0.25, -0.2) is 12.8 Å². The average molecular weight is 428 g/mol. The average Bonchev–Trinajstić information content (AvgIpc) is 3.16. The highest BCUT2D eigenvalue weighted by Gasteiger charge is 2.17. The molecule has 1 saturated heterocycles. The van der Waals surface area contributed by atoms with Gasteiger partial charge in [-0.15, -0.1) is 12.4 Å². The van der Waals surface area contributed by atoms with E-state index in [4.69, 9.17) is 0 Å². The number of anilines is 1. The summed E-state index contributed by atoms with van der Waals surface area (Å²) in [6.07, 6.45) is 2.16. The van der Waals surface area contributed by atoms with Gasteiger partial charge in [-0.2, -0.15) is 0 Å². The van der Waals surface area contributed by atoms with Crippen LogP contribution in [0.2, 0.25) is 0 Å². The number of hydrogen-bond donors (Lipinski definition) is 3. The Morgan fingerprint density at radius 2 is 1.93 bits per heavy atom. The zero-order chi connectivity index (χ0) is 19.4. The van der Waals surface area contributed by atoms with Crippen molar-refractivity contribution in [2.24, 2.45) is 0 Å². The van der Waals surface area contributed by atoms with Gasteiger partial charge in [0.2, 0.25) is 0 Å². The van der Waals surface area contributed by atoms with Crippen molar-refractivity contribution in [1.29, 1.82) is 0 Å². The molecule has 0 spiro atoms. The number of carbonyl (C=O) groups excluding carboxylic acids is 1. The summed E-state index contributed by atoms with van der Waals surface area (Å²) >= 11 is 0. The first kappa shape index (κ1) is 22.1. The van der Waals surface area contributed by atoms with E-state index in [1.165, 1.54) is 31.2 Å². The minimum Gasteiger partial charge on any atom is -0.350 e. The molecule has 0 aromatic heterocycles. The zero-order valence-electron chi connectivity index (χ0n) is 15.4. The SMILES string of the molecule is Cc1cc(S(=O)(=O)Nc2ccc(C(=O)NCC3CCCN3)cc2)ccc1F.Cl. The van der Waals surface area contributed by atoms with E-state index in [2.05, 4.69) is 15.4 Å². The Balaban J connectivity index is 0.00000280. The fourth-order valence-corrected chi connectivity index (χ4v) is 4.08. The number of benzene rings is 2. The lowest BCUT2D eigenvalue weighted by Gasteiger charge is -2.12. The third-order valence-electron chi connectivity index (χ3n) is 4.51. The van der Waals surface area contributed by atoms with E-state index < -0.39 is 15.8 Å². The topological polar surface area (TPSA) is 87.3 Å². The van der Waals surface area contributed by atoms with Crippen LogP contribution < -0.4 is 15.4 Å². The molecule has 1 unspecified atom stereocenters. The van der Waals surface area contributed by atoms with Gasteiger partial charge in [0.25, 0.3) is 15.9 Å². The summed E-state index contributed by atoms with van der Waals surface area (Å²) in [5.74, 6) is -0.663. The van der Waals surface area contributed by atoms with Crippen LogP contribution in [0.5, 0.6) is 0 Å². The Hall–Kier alpha value is -2.16. The van der Waals surface area contributed by atoms with E-state index in [1.807, 2.05) is 0 Å². The highest BCUT2D eigenvalue weighted by molar-refractivity contribution is 7.92. The second kappa shape index (κ2) is 9.36. The number of carbonyl (C=O) groups is 1. The highest BCUT2D eigenvalue weighted by Crippen LogP contribution is 2.19. The van der Waals surface area contributed by atoms with Gasteiger partial charge >= 0.3 is 0 Å². The van der Waals surface area contributed by atoms with Crippen LogP contribution in [0, 0.1) is 12.7 Å². The van der Waals surface area contributed by atoms with Crippen molar-refractivity contribution in [3.8, 4) is 0 Å². The molecule has 3 N–H and O–H groups in total. The van der Waals surface area contributed by atoms with Gasteiger partial charge in [0.15, 0.2) is 0 Å². The molecule has 1 atom stereocenters. The van der Waals surface area contributed by atoms with Crippen LogP contribution in [0.25, 0.3) is 0 Å². The molecule has 152 valence electrons. The third kappa shape index (κ3) is 5.43. The van der Waals surface area contributed by atoms with Gasteiger partial charge in [-0.3, -0.25) is 9.52 Å². The maximum atomic E-state index is 13.3. The second-order valence-corrected chi connectivity index (χ2v) is 8.28. The summed E-state index contributed by atoms with van der Waals surface area (Å²) in [5, 5.41) is 6.18. The Morgan fingerprint density at radius 3 is 2.54 bits per heavy atom. The standard InChI is InChI=1S/C19H22FN3O3S.ClH/c1-13-11-17(8-9-18(13)20)27(25,26)23-15-6-4-14(5-7-15)19(24)22-12-16-3-2-10-21-16;/h4-9,11,16,21,23H,2-3,10,12H2,1H3,(H,22,24);1H. The molecule has 0 bridgehead atoms. The highest BCUT2D eigenvalue weighted by atomic mass is 35.5. The molecule has 1 aliphatic heterocycles. The molecule has 2 aromatic carbocycles. The molecule has 1 heterocycles. The number of rotatable bonds is 6. The summed E-state index contributed by atoms with van der Waals surface area (Å²) in [6, 6.07) is 10.1. The van der Waals surface area contributed by atoms with E-state index in [1.54, 1.807) is 12.1 Å². The van der Waals surface area contributed by atoms with E-state index in [-0.39, 0.29) is 28.8 Å². The number of nitrogens with one attached hydrogen (secondary N) is 3. The van der Waals surface area contributed by atoms with Crippen LogP contribution in [0.4, 0.5) is 10.1 Å². The fraction of sp³-hybridized carbons (Fsp3) is 0.316. The summed E-state index contributed by atoms with van der Waals surface area (Å²) in [5.41, 5.74) is 1.03. The van der Waals surface area contributed by atoms with Gasteiger partial charge < -0.3 is 10.6 Å². The van der Waals surface area contributed by atoms with Crippen molar-refractivity contribution in [3.63, 3.8) is 0 Å². The van der Waals surface area contributed by atoms with Gasteiger partial charge in [-0.05, 0) is 74.3 Å². The van der Waals surface area contributed by atoms with E-state index in [0.717, 1.165) is 25.5 Å². The summed E-state index contributed by atoms with van der Waals surface area (Å²) < 4.78 is 40.6. The Labute approximate surface area is 170 Å². The molecule has 3 rings (SSSR count). The van der Waals surface area contributed by atoms with Crippen LogP contribution in [-0.2, 0) is 10.0 Å². The minimum absolute atomic E-state index is 0. The first-order valence-corrected chi connectivity index (χ1v) is 10.2. The van der Waals surface area contributed by atoms with Crippen LogP contribution in [0.3, 0.4) is 0 Å². The molecule has 0 radical (unpaired) electrons. The third-order valence-corrected chi connectivity index (χ3v) is 5.89. The van der Waals surface area contributed by atoms with Gasteiger partial charge in [0.1, 0.15) is 5.82 Å². The molecule has 9 heteroatoms. The van der Waals surface area contributed by atoms with Gasteiger partial charge in [0.05, 0.1) is 4.90 Å². The Morgan fingerprint density at radius 1 is 1.21 bits per heavy atom. The van der Waals surface area contributed by atoms with Gasteiger partial charge in [0, 0.05) is 23.8 Å². The van der Waals surface area contributed by atoms with Crippen LogP contribution in [0.1, 0.15) is 28.8 Å². The maximum Gasteiger partial charge on any atom is 0.261 e. The van der Waals surface area contributed by atoms with Crippen molar-refractivity contribution in [1.82, 2.24) is 10.6 Å². The molecule has 28 heavy (non-hydrogen) atoms. The molecule has 6 nitrogen and oxygen atoms in total. The minimum atomic E-state index is -3.83. The second-order valence-electron chi connectivity index (χ2n) is 6.60. The fourth-order valence-electron chi connectivity index (χ4n) is 2.94. The lowest BCUT2D eigenvalue weighted by molar-refractivity contribution is 0.0950. The van der Waals surface area contributed by atoms with Crippen LogP contribution in [0.15, 0.2) is 47.4 Å². The van der Waals surface area contributed by atoms with Crippen molar-refractivity contribution in [2.45, 2.75) is 30.7 Å². The molecule has 1 aliphatic rings. The Bertz CT molecular complexity index is 930. The van der Waals surface area contributed by atoms with Crippen molar-refractivity contribution in [3.05, 3.63) is 59.4 Å². The Kier molecular flexibility index (Phi) is 7.40. The number of amides is 1. The predicted molar refractivity (Wildman–Crippen MR) is 109 cm³/mol. The van der Waals surface area contributed by atoms with Gasteiger partial charge in [-0.1, -0.05) is 0 Å². The van der Waals surface area contributed by atoms with Crippen molar-refractivity contribution < 1.29 is 17.6 Å². The normalized spacial score (nSPS) is 16.3. The van der Waals surface area contributed by atoms with Crippen LogP contribution >= 0.6 is 12.4 Å². The monoisotopic (exact) mass is 427 g/mol. The number of hydrogen-bond acceptors (Lipinski definition) is 4. The smallest absolute Gasteiger partial charge is 0.261 e. The molecule has 0 saturated carbocycles. The van der Waals surface area contributed by atoms with Crippen molar-refractivity contribution >= 4 is 34.0 Å². The quantitative estimate of drug-likeness (QED) is 0.661. The van der Waals surface area contributed by atoms with E-state index >= 15 is 0 Å². The lowest BCUT2D eigenvalue weighted by atomic mass is 10.2. The van der Waals surface area contributed by atoms with Crippen LogP contribution in [-0.4, -0.2) is 33.5 Å². The molecule has 1 amide bonds. The zero-order valence-corrected chi connectivity index (χ0v) is 17.0. The largest absolute Gasteiger partial charge is 0.350 e. The summed E-state index contributed by atoms with van der Waals surface area (Å²) in [6.45, 7) is 3.04. The molecule has 0 aliphatic carbocycles. The molecule has 1 fully saturated rings. The summed E-state index contributed by atoms with van der Waals surface area (Å²) in [4.78, 5) is 12.2. The van der Waals surface area contributed by atoms with E-state index in [0.29, 0.717) is 23.8 Å². The van der Waals surface area contributed by atoms with E-state index in [9.17, 15) is 17.6 Å². The predicted octanol–water partition coefficient (Wildman–Crippen LogP) is 2.84. The maximum absolute atomic E-state index is 13.3. The first-order valence-electron chi connectivity index (χ1n) is 8.76. The number of halogens is 2. The summed E-state index contributed by atoms with van der Waals surface area (Å²) in [7, 11) is -3.83.